The SMILES string of the molecule is CS(=O)(=O)C1(CNC(=O)C2CCCC(F)(F)C2)CC1. The molecule has 0 aromatic carbocycles. The minimum Gasteiger partial charge on any atom is -0.354 e. The van der Waals surface area contributed by atoms with Crippen LogP contribution in [0.25, 0.3) is 0 Å². The Morgan fingerprint density at radius 2 is 1.95 bits per heavy atom. The summed E-state index contributed by atoms with van der Waals surface area (Å²) < 4.78 is 48.7. The Labute approximate surface area is 111 Å². The van der Waals surface area contributed by atoms with Crippen LogP contribution >= 0.6 is 0 Å². The fraction of sp³-hybridized carbons (Fsp3) is 0.917. The maximum Gasteiger partial charge on any atom is 0.248 e. The fourth-order valence-electron chi connectivity index (χ4n) is 2.61. The van der Waals surface area contributed by atoms with Gasteiger partial charge in [-0.05, 0) is 25.7 Å². The summed E-state index contributed by atoms with van der Waals surface area (Å²) in [6.45, 7) is 0.0484. The lowest BCUT2D eigenvalue weighted by Crippen LogP contribution is -2.43. The topological polar surface area (TPSA) is 63.2 Å². The van der Waals surface area contributed by atoms with Crippen LogP contribution in [-0.4, -0.2) is 37.8 Å². The zero-order valence-electron chi connectivity index (χ0n) is 10.9. The predicted molar refractivity (Wildman–Crippen MR) is 66.7 cm³/mol. The van der Waals surface area contributed by atoms with Crippen molar-refractivity contribution < 1.29 is 22.0 Å². The van der Waals surface area contributed by atoms with Gasteiger partial charge in [0.15, 0.2) is 9.84 Å². The second-order valence-corrected chi connectivity index (χ2v) is 8.23. The van der Waals surface area contributed by atoms with Crippen molar-refractivity contribution in [3.05, 3.63) is 0 Å². The average molecular weight is 295 g/mol. The number of rotatable bonds is 4. The summed E-state index contributed by atoms with van der Waals surface area (Å²) in [6.07, 6.45) is 2.42. The molecule has 2 fully saturated rings. The summed E-state index contributed by atoms with van der Waals surface area (Å²) in [5, 5.41) is 2.55. The summed E-state index contributed by atoms with van der Waals surface area (Å²) >= 11 is 0. The van der Waals surface area contributed by atoms with Gasteiger partial charge in [-0.2, -0.15) is 0 Å². The Morgan fingerprint density at radius 3 is 2.42 bits per heavy atom. The highest BCUT2D eigenvalue weighted by Gasteiger charge is 2.52. The van der Waals surface area contributed by atoms with Crippen LogP contribution in [0, 0.1) is 5.92 Å². The molecule has 4 nitrogen and oxygen atoms in total. The van der Waals surface area contributed by atoms with Gasteiger partial charge in [-0.15, -0.1) is 0 Å². The molecule has 0 bridgehead atoms. The second-order valence-electron chi connectivity index (χ2n) is 5.82. The molecule has 1 atom stereocenters. The molecule has 1 amide bonds. The van der Waals surface area contributed by atoms with Gasteiger partial charge in [-0.25, -0.2) is 17.2 Å². The first-order valence-corrected chi connectivity index (χ1v) is 8.40. The van der Waals surface area contributed by atoms with Gasteiger partial charge in [-0.1, -0.05) is 0 Å². The molecule has 7 heteroatoms. The van der Waals surface area contributed by atoms with E-state index in [1.54, 1.807) is 0 Å². The Hall–Kier alpha value is -0.720. The van der Waals surface area contributed by atoms with E-state index in [1.165, 1.54) is 0 Å². The number of amides is 1. The average Bonchev–Trinajstić information content (AvgIpc) is 3.04. The molecule has 2 saturated carbocycles. The van der Waals surface area contributed by atoms with Crippen molar-refractivity contribution in [3.63, 3.8) is 0 Å². The van der Waals surface area contributed by atoms with Crippen LogP contribution < -0.4 is 5.32 Å². The summed E-state index contributed by atoms with van der Waals surface area (Å²) in [7, 11) is -3.20. The van der Waals surface area contributed by atoms with Gasteiger partial charge in [0.1, 0.15) is 0 Å². The van der Waals surface area contributed by atoms with Crippen LogP contribution in [0.1, 0.15) is 38.5 Å². The summed E-state index contributed by atoms with van der Waals surface area (Å²) in [5.41, 5.74) is 0. The number of hydrogen-bond donors (Lipinski definition) is 1. The molecule has 0 aromatic heterocycles. The second kappa shape index (κ2) is 4.68. The molecular formula is C12H19F2NO3S. The third-order valence-corrected chi connectivity index (χ3v) is 6.32. The van der Waals surface area contributed by atoms with Crippen molar-refractivity contribution in [1.82, 2.24) is 5.32 Å². The molecule has 0 aromatic rings. The van der Waals surface area contributed by atoms with Gasteiger partial charge >= 0.3 is 0 Å². The third kappa shape index (κ3) is 3.24. The smallest absolute Gasteiger partial charge is 0.248 e. The summed E-state index contributed by atoms with van der Waals surface area (Å²) in [4.78, 5) is 11.8. The third-order valence-electron chi connectivity index (χ3n) is 4.19. The normalized spacial score (nSPS) is 28.7. The first kappa shape index (κ1) is 14.7. The van der Waals surface area contributed by atoms with Crippen LogP contribution in [0.5, 0.6) is 0 Å². The number of sulfone groups is 1. The van der Waals surface area contributed by atoms with Crippen LogP contribution in [0.2, 0.25) is 0 Å². The molecule has 0 aliphatic heterocycles. The summed E-state index contributed by atoms with van der Waals surface area (Å²) in [6, 6.07) is 0. The monoisotopic (exact) mass is 295 g/mol. The quantitative estimate of drug-likeness (QED) is 0.855. The van der Waals surface area contributed by atoms with E-state index in [4.69, 9.17) is 0 Å². The van der Waals surface area contributed by atoms with Crippen LogP contribution in [-0.2, 0) is 14.6 Å². The standard InChI is InChI=1S/C12H19F2NO3S/c1-19(17,18)11(5-6-11)8-15-10(16)9-3-2-4-12(13,14)7-9/h9H,2-8H2,1H3,(H,15,16). The number of carbonyl (C=O) groups is 1. The number of alkyl halides is 2. The molecule has 0 saturated heterocycles. The van der Waals surface area contributed by atoms with Gasteiger partial charge < -0.3 is 5.32 Å². The first-order chi connectivity index (χ1) is 8.65. The molecule has 0 spiro atoms. The maximum atomic E-state index is 13.2. The molecule has 2 aliphatic carbocycles. The van der Waals surface area contributed by atoms with Gasteiger partial charge in [0.25, 0.3) is 0 Å². The lowest BCUT2D eigenvalue weighted by Gasteiger charge is -2.28. The molecular weight excluding hydrogens is 276 g/mol. The minimum atomic E-state index is -3.20. The highest BCUT2D eigenvalue weighted by atomic mass is 32.2. The lowest BCUT2D eigenvalue weighted by atomic mass is 9.86. The van der Waals surface area contributed by atoms with E-state index in [2.05, 4.69) is 5.32 Å². The van der Waals surface area contributed by atoms with Gasteiger partial charge in [0.05, 0.1) is 4.75 Å². The Balaban J connectivity index is 1.89. The van der Waals surface area contributed by atoms with E-state index in [0.717, 1.165) is 6.26 Å². The number of carbonyl (C=O) groups excluding carboxylic acids is 1. The lowest BCUT2D eigenvalue weighted by molar-refractivity contribution is -0.132. The highest BCUT2D eigenvalue weighted by molar-refractivity contribution is 7.92. The fourth-order valence-corrected chi connectivity index (χ4v) is 3.78. The highest BCUT2D eigenvalue weighted by Crippen LogP contribution is 2.42. The van der Waals surface area contributed by atoms with E-state index in [0.29, 0.717) is 25.7 Å². The zero-order chi connectivity index (χ0) is 14.3. The Morgan fingerprint density at radius 1 is 1.32 bits per heavy atom. The molecule has 2 rings (SSSR count). The Bertz CT molecular complexity index is 471. The number of nitrogens with one attached hydrogen (secondary N) is 1. The van der Waals surface area contributed by atoms with Crippen LogP contribution in [0.15, 0.2) is 0 Å². The number of hydrogen-bond acceptors (Lipinski definition) is 3. The van der Waals surface area contributed by atoms with Crippen molar-refractivity contribution >= 4 is 15.7 Å². The molecule has 19 heavy (non-hydrogen) atoms. The van der Waals surface area contributed by atoms with Crippen molar-refractivity contribution in [3.8, 4) is 0 Å². The van der Waals surface area contributed by atoms with Gasteiger partial charge in [-0.3, -0.25) is 4.79 Å². The van der Waals surface area contributed by atoms with Crippen molar-refractivity contribution in [2.24, 2.45) is 5.92 Å². The first-order valence-electron chi connectivity index (χ1n) is 6.50. The molecule has 110 valence electrons. The largest absolute Gasteiger partial charge is 0.354 e. The molecule has 2 aliphatic rings. The molecule has 1 unspecified atom stereocenters. The van der Waals surface area contributed by atoms with E-state index < -0.39 is 38.8 Å². The molecule has 0 radical (unpaired) electrons. The van der Waals surface area contributed by atoms with Gasteiger partial charge in [0, 0.05) is 31.6 Å². The number of halogens is 2. The van der Waals surface area contributed by atoms with E-state index in [9.17, 15) is 22.0 Å². The maximum absolute atomic E-state index is 13.2. The molecule has 0 heterocycles. The van der Waals surface area contributed by atoms with Gasteiger partial charge in [0.2, 0.25) is 11.8 Å². The van der Waals surface area contributed by atoms with Crippen LogP contribution in [0.4, 0.5) is 8.78 Å². The van der Waals surface area contributed by atoms with E-state index in [-0.39, 0.29) is 13.0 Å². The van der Waals surface area contributed by atoms with Crippen molar-refractivity contribution in [2.45, 2.75) is 49.2 Å². The predicted octanol–water partition coefficient (Wildman–Crippen LogP) is 1.51. The minimum absolute atomic E-state index is 0.0484. The van der Waals surface area contributed by atoms with E-state index >= 15 is 0 Å². The van der Waals surface area contributed by atoms with Crippen molar-refractivity contribution in [1.29, 1.82) is 0 Å². The Kier molecular flexibility index (Phi) is 3.62. The summed E-state index contributed by atoms with van der Waals surface area (Å²) in [5.74, 6) is -3.90. The van der Waals surface area contributed by atoms with Crippen LogP contribution in [0.3, 0.4) is 0 Å². The van der Waals surface area contributed by atoms with Crippen molar-refractivity contribution in [2.75, 3.05) is 12.8 Å². The van der Waals surface area contributed by atoms with E-state index in [1.807, 2.05) is 0 Å². The molecule has 1 N–H and O–H groups in total. The zero-order valence-corrected chi connectivity index (χ0v) is 11.7.